The van der Waals surface area contributed by atoms with Crippen molar-refractivity contribution in [1.29, 1.82) is 0 Å². The molecule has 1 rings (SSSR count). The summed E-state index contributed by atoms with van der Waals surface area (Å²) in [5.74, 6) is -0.191. The van der Waals surface area contributed by atoms with E-state index < -0.39 is 6.10 Å². The monoisotopic (exact) mass is 237 g/mol. The van der Waals surface area contributed by atoms with Crippen molar-refractivity contribution in [2.45, 2.75) is 6.10 Å². The van der Waals surface area contributed by atoms with Gasteiger partial charge in [-0.25, -0.2) is 0 Å². The quantitative estimate of drug-likeness (QED) is 0.537. The fourth-order valence-electron chi connectivity index (χ4n) is 1.10. The van der Waals surface area contributed by atoms with E-state index in [1.807, 2.05) is 0 Å². The Morgan fingerprint density at radius 3 is 2.59 bits per heavy atom. The molecule has 1 aromatic rings. The van der Waals surface area contributed by atoms with Gasteiger partial charge in [-0.05, 0) is 23.8 Å². The van der Waals surface area contributed by atoms with Crippen LogP contribution in [-0.2, 0) is 4.79 Å². The Bertz CT molecular complexity index is 386. The van der Waals surface area contributed by atoms with E-state index in [0.717, 1.165) is 5.56 Å². The van der Waals surface area contributed by atoms with Crippen LogP contribution in [0.1, 0.15) is 5.56 Å². The number of hydrogen-bond donors (Lipinski definition) is 4. The summed E-state index contributed by atoms with van der Waals surface area (Å²) in [6.07, 6.45) is 1.96. The maximum atomic E-state index is 11.3. The molecule has 0 radical (unpaired) electrons. The average Bonchev–Trinajstić information content (AvgIpc) is 2.35. The number of phenols is 1. The summed E-state index contributed by atoms with van der Waals surface area (Å²) in [5.41, 5.74) is 0.778. The standard InChI is InChI=1S/C12H15NO4/c14-8-11(16)7-13-12(17)6-3-9-1-4-10(15)5-2-9/h1-6,11,14-16H,7-8H2,(H,13,17). The van der Waals surface area contributed by atoms with Crippen molar-refractivity contribution < 1.29 is 20.1 Å². The van der Waals surface area contributed by atoms with Crippen molar-refractivity contribution >= 4 is 12.0 Å². The van der Waals surface area contributed by atoms with Crippen molar-refractivity contribution in [1.82, 2.24) is 5.32 Å². The van der Waals surface area contributed by atoms with Crippen LogP contribution in [0.5, 0.6) is 5.75 Å². The summed E-state index contributed by atoms with van der Waals surface area (Å²) in [6, 6.07) is 6.38. The molecular weight excluding hydrogens is 222 g/mol. The summed E-state index contributed by atoms with van der Waals surface area (Å²) >= 11 is 0. The molecule has 1 amide bonds. The summed E-state index contributed by atoms with van der Waals surface area (Å²) in [6.45, 7) is -0.378. The van der Waals surface area contributed by atoms with Crippen LogP contribution in [0.2, 0.25) is 0 Å². The van der Waals surface area contributed by atoms with E-state index in [-0.39, 0.29) is 24.8 Å². The first kappa shape index (κ1) is 13.2. The zero-order valence-corrected chi connectivity index (χ0v) is 9.21. The lowest BCUT2D eigenvalue weighted by Crippen LogP contribution is -2.32. The molecule has 5 heteroatoms. The minimum absolute atomic E-state index is 0.00918. The number of amides is 1. The van der Waals surface area contributed by atoms with Gasteiger partial charge < -0.3 is 20.6 Å². The molecule has 0 saturated carbocycles. The third kappa shape index (κ3) is 5.14. The number of benzene rings is 1. The molecule has 0 fully saturated rings. The molecule has 1 aromatic carbocycles. The van der Waals surface area contributed by atoms with Crippen LogP contribution in [0.25, 0.3) is 6.08 Å². The second-order valence-electron chi connectivity index (χ2n) is 3.51. The molecule has 1 atom stereocenters. The molecule has 92 valence electrons. The third-order valence-corrected chi connectivity index (χ3v) is 2.04. The van der Waals surface area contributed by atoms with Gasteiger partial charge in [-0.1, -0.05) is 12.1 Å². The predicted octanol–water partition coefficient (Wildman–Crippen LogP) is -0.125. The first-order valence-electron chi connectivity index (χ1n) is 5.15. The van der Waals surface area contributed by atoms with E-state index in [1.165, 1.54) is 18.2 Å². The Morgan fingerprint density at radius 2 is 2.00 bits per heavy atom. The first-order valence-corrected chi connectivity index (χ1v) is 5.15. The fourth-order valence-corrected chi connectivity index (χ4v) is 1.10. The Kier molecular flexibility index (Phi) is 5.19. The molecule has 0 spiro atoms. The van der Waals surface area contributed by atoms with Crippen molar-refractivity contribution in [3.05, 3.63) is 35.9 Å². The maximum absolute atomic E-state index is 11.3. The summed E-state index contributed by atoms with van der Waals surface area (Å²) in [5, 5.41) is 29.0. The molecule has 0 aliphatic carbocycles. The summed E-state index contributed by atoms with van der Waals surface area (Å²) in [7, 11) is 0. The van der Waals surface area contributed by atoms with Gasteiger partial charge in [-0.15, -0.1) is 0 Å². The van der Waals surface area contributed by atoms with Crippen molar-refractivity contribution in [3.8, 4) is 5.75 Å². The number of aliphatic hydroxyl groups excluding tert-OH is 2. The minimum atomic E-state index is -0.943. The molecule has 0 aliphatic heterocycles. The lowest BCUT2D eigenvalue weighted by Gasteiger charge is -2.06. The van der Waals surface area contributed by atoms with E-state index in [1.54, 1.807) is 18.2 Å². The molecule has 0 heterocycles. The zero-order valence-electron chi connectivity index (χ0n) is 9.21. The van der Waals surface area contributed by atoms with Gasteiger partial charge in [0.1, 0.15) is 5.75 Å². The van der Waals surface area contributed by atoms with E-state index >= 15 is 0 Å². The second-order valence-corrected chi connectivity index (χ2v) is 3.51. The highest BCUT2D eigenvalue weighted by atomic mass is 16.3. The normalized spacial score (nSPS) is 12.6. The van der Waals surface area contributed by atoms with Crippen molar-refractivity contribution in [2.24, 2.45) is 0 Å². The number of aromatic hydroxyl groups is 1. The van der Waals surface area contributed by atoms with Crippen LogP contribution in [0.3, 0.4) is 0 Å². The van der Waals surface area contributed by atoms with Crippen molar-refractivity contribution in [3.63, 3.8) is 0 Å². The molecule has 0 saturated heterocycles. The maximum Gasteiger partial charge on any atom is 0.244 e. The summed E-state index contributed by atoms with van der Waals surface area (Å²) in [4.78, 5) is 11.3. The number of nitrogens with one attached hydrogen (secondary N) is 1. The highest BCUT2D eigenvalue weighted by molar-refractivity contribution is 5.91. The summed E-state index contributed by atoms with van der Waals surface area (Å²) < 4.78 is 0. The lowest BCUT2D eigenvalue weighted by molar-refractivity contribution is -0.117. The highest BCUT2D eigenvalue weighted by Gasteiger charge is 2.02. The molecule has 5 nitrogen and oxygen atoms in total. The zero-order chi connectivity index (χ0) is 12.7. The van der Waals surface area contributed by atoms with Gasteiger partial charge in [0, 0.05) is 12.6 Å². The molecule has 4 N–H and O–H groups in total. The Hall–Kier alpha value is -1.85. The van der Waals surface area contributed by atoms with Crippen LogP contribution >= 0.6 is 0 Å². The van der Waals surface area contributed by atoms with Gasteiger partial charge in [-0.3, -0.25) is 4.79 Å². The van der Waals surface area contributed by atoms with Gasteiger partial charge in [0.15, 0.2) is 0 Å². The Morgan fingerprint density at radius 1 is 1.35 bits per heavy atom. The molecule has 0 aliphatic rings. The smallest absolute Gasteiger partial charge is 0.244 e. The number of rotatable bonds is 5. The second kappa shape index (κ2) is 6.67. The van der Waals surface area contributed by atoms with Gasteiger partial charge in [-0.2, -0.15) is 0 Å². The number of aliphatic hydroxyl groups is 2. The number of carbonyl (C=O) groups is 1. The Balaban J connectivity index is 2.42. The van der Waals surface area contributed by atoms with E-state index in [9.17, 15) is 4.79 Å². The molecule has 0 aromatic heterocycles. The highest BCUT2D eigenvalue weighted by Crippen LogP contribution is 2.10. The minimum Gasteiger partial charge on any atom is -0.508 e. The van der Waals surface area contributed by atoms with Gasteiger partial charge in [0.05, 0.1) is 12.7 Å². The Labute approximate surface area is 99.0 Å². The van der Waals surface area contributed by atoms with Crippen LogP contribution in [-0.4, -0.2) is 40.5 Å². The lowest BCUT2D eigenvalue weighted by atomic mass is 10.2. The fraction of sp³-hybridized carbons (Fsp3) is 0.250. The van der Waals surface area contributed by atoms with Crippen LogP contribution in [0.4, 0.5) is 0 Å². The number of phenolic OH excluding ortho intramolecular Hbond substituents is 1. The molecule has 1 unspecified atom stereocenters. The number of hydrogen-bond acceptors (Lipinski definition) is 4. The third-order valence-electron chi connectivity index (χ3n) is 2.04. The number of carbonyl (C=O) groups excluding carboxylic acids is 1. The topological polar surface area (TPSA) is 89.8 Å². The SMILES string of the molecule is O=C(C=Cc1ccc(O)cc1)NCC(O)CO. The van der Waals surface area contributed by atoms with Gasteiger partial charge in [0.25, 0.3) is 0 Å². The van der Waals surface area contributed by atoms with Gasteiger partial charge >= 0.3 is 0 Å². The van der Waals surface area contributed by atoms with E-state index in [0.29, 0.717) is 0 Å². The molecule has 17 heavy (non-hydrogen) atoms. The van der Waals surface area contributed by atoms with Crippen LogP contribution in [0.15, 0.2) is 30.3 Å². The van der Waals surface area contributed by atoms with E-state index in [4.69, 9.17) is 15.3 Å². The largest absolute Gasteiger partial charge is 0.508 e. The van der Waals surface area contributed by atoms with Crippen molar-refractivity contribution in [2.75, 3.05) is 13.2 Å². The first-order chi connectivity index (χ1) is 8.11. The average molecular weight is 237 g/mol. The van der Waals surface area contributed by atoms with Crippen LogP contribution < -0.4 is 5.32 Å². The van der Waals surface area contributed by atoms with E-state index in [2.05, 4.69) is 5.32 Å². The molecule has 0 bridgehead atoms. The predicted molar refractivity (Wildman–Crippen MR) is 63.2 cm³/mol. The van der Waals surface area contributed by atoms with Gasteiger partial charge in [0.2, 0.25) is 5.91 Å². The van der Waals surface area contributed by atoms with Crippen LogP contribution in [0, 0.1) is 0 Å². The molecular formula is C12H15NO4.